The molecule has 1 aromatic carbocycles. The molecule has 3 nitrogen and oxygen atoms in total. The Balaban J connectivity index is 2.24. The molecule has 1 fully saturated rings. The number of Topliss-reactive ketones (excluding diaryl/α,β-unsaturated/α-hetero) is 1. The van der Waals surface area contributed by atoms with E-state index < -0.39 is 0 Å². The van der Waals surface area contributed by atoms with Crippen LogP contribution in [0, 0.1) is 0 Å². The van der Waals surface area contributed by atoms with Crippen molar-refractivity contribution in [2.45, 2.75) is 32.3 Å². The Morgan fingerprint density at radius 3 is 2.79 bits per heavy atom. The Hall–Kier alpha value is -1.06. The normalized spacial score (nSPS) is 23.5. The van der Waals surface area contributed by atoms with E-state index in [1.54, 1.807) is 20.1 Å². The van der Waals surface area contributed by atoms with Crippen LogP contribution in [0.1, 0.15) is 37.0 Å². The zero-order chi connectivity index (χ0) is 14.0. The van der Waals surface area contributed by atoms with Crippen LogP contribution >= 0.6 is 11.6 Å². The molecule has 2 rings (SSSR count). The quantitative estimate of drug-likeness (QED) is 0.794. The molecule has 1 aliphatic heterocycles. The largest absolute Gasteiger partial charge is 0.377 e. The number of anilines is 1. The van der Waals surface area contributed by atoms with Crippen molar-refractivity contribution >= 4 is 23.1 Å². The number of ether oxygens (including phenoxy) is 1. The topological polar surface area (TPSA) is 29.5 Å². The zero-order valence-electron chi connectivity index (χ0n) is 11.7. The molecular weight excluding hydrogens is 262 g/mol. The molecule has 1 atom stereocenters. The number of piperidine rings is 1. The predicted octanol–water partition coefficient (Wildman–Crippen LogP) is 3.55. The fraction of sp³-hybridized carbons (Fsp3) is 0.533. The predicted molar refractivity (Wildman–Crippen MR) is 78.3 cm³/mol. The third kappa shape index (κ3) is 3.10. The van der Waals surface area contributed by atoms with Crippen LogP contribution in [0.4, 0.5) is 5.69 Å². The molecule has 0 aliphatic carbocycles. The van der Waals surface area contributed by atoms with Crippen molar-refractivity contribution in [2.24, 2.45) is 0 Å². The number of rotatable bonds is 3. The monoisotopic (exact) mass is 281 g/mol. The summed E-state index contributed by atoms with van der Waals surface area (Å²) in [4.78, 5) is 13.6. The molecule has 19 heavy (non-hydrogen) atoms. The molecule has 1 heterocycles. The molecule has 0 amide bonds. The summed E-state index contributed by atoms with van der Waals surface area (Å²) in [5.74, 6) is 0.0359. The average molecular weight is 282 g/mol. The maximum Gasteiger partial charge on any atom is 0.159 e. The van der Waals surface area contributed by atoms with Crippen LogP contribution in [0.15, 0.2) is 18.2 Å². The van der Waals surface area contributed by atoms with Crippen molar-refractivity contribution in [1.29, 1.82) is 0 Å². The van der Waals surface area contributed by atoms with E-state index in [1.807, 2.05) is 12.1 Å². The van der Waals surface area contributed by atoms with E-state index in [0.29, 0.717) is 10.6 Å². The minimum absolute atomic E-state index is 0.0359. The van der Waals surface area contributed by atoms with Gasteiger partial charge in [-0.25, -0.2) is 0 Å². The Labute approximate surface area is 119 Å². The first-order valence-corrected chi connectivity index (χ1v) is 6.93. The number of hydrogen-bond acceptors (Lipinski definition) is 3. The molecule has 104 valence electrons. The fourth-order valence-electron chi connectivity index (χ4n) is 2.56. The van der Waals surface area contributed by atoms with Gasteiger partial charge in [0.25, 0.3) is 0 Å². The minimum Gasteiger partial charge on any atom is -0.377 e. The van der Waals surface area contributed by atoms with E-state index in [9.17, 15) is 4.79 Å². The number of nitrogens with zero attached hydrogens (tertiary/aromatic N) is 1. The smallest absolute Gasteiger partial charge is 0.159 e. The Morgan fingerprint density at radius 2 is 2.21 bits per heavy atom. The number of benzene rings is 1. The highest BCUT2D eigenvalue weighted by atomic mass is 35.5. The molecule has 0 saturated carbocycles. The summed E-state index contributed by atoms with van der Waals surface area (Å²) in [7, 11) is 1.75. The highest BCUT2D eigenvalue weighted by molar-refractivity contribution is 6.33. The molecular formula is C15H20ClNO2. The summed E-state index contributed by atoms with van der Waals surface area (Å²) in [6.07, 6.45) is 2.14. The van der Waals surface area contributed by atoms with Crippen LogP contribution < -0.4 is 4.90 Å². The van der Waals surface area contributed by atoms with Crippen LogP contribution in [-0.4, -0.2) is 31.6 Å². The molecule has 0 bridgehead atoms. The lowest BCUT2D eigenvalue weighted by Gasteiger charge is -2.41. The number of hydrogen-bond donors (Lipinski definition) is 0. The van der Waals surface area contributed by atoms with Gasteiger partial charge >= 0.3 is 0 Å². The van der Waals surface area contributed by atoms with Gasteiger partial charge in [0.2, 0.25) is 0 Å². The second-order valence-electron chi connectivity index (χ2n) is 5.40. The van der Waals surface area contributed by atoms with Crippen LogP contribution in [0.2, 0.25) is 5.02 Å². The Kier molecular flexibility index (Phi) is 4.16. The van der Waals surface area contributed by atoms with Gasteiger partial charge in [0.1, 0.15) is 0 Å². The van der Waals surface area contributed by atoms with Gasteiger partial charge in [-0.15, -0.1) is 0 Å². The lowest BCUT2D eigenvalue weighted by atomic mass is 9.94. The standard InChI is InChI=1S/C15H20ClNO2/c1-11(18)12-5-6-14(13(16)9-12)17-8-4-7-15(2,10-17)19-3/h5-6,9H,4,7-8,10H2,1-3H3. The number of halogens is 1. The molecule has 0 radical (unpaired) electrons. The van der Waals surface area contributed by atoms with Gasteiger partial charge in [-0.3, -0.25) is 4.79 Å². The summed E-state index contributed by atoms with van der Waals surface area (Å²) in [5, 5.41) is 0.632. The second kappa shape index (κ2) is 5.51. The summed E-state index contributed by atoms with van der Waals surface area (Å²) in [6.45, 7) is 5.46. The first-order chi connectivity index (χ1) is 8.95. The molecule has 0 N–H and O–H groups in total. The lowest BCUT2D eigenvalue weighted by Crippen LogP contribution is -2.47. The van der Waals surface area contributed by atoms with Gasteiger partial charge < -0.3 is 9.64 Å². The van der Waals surface area contributed by atoms with Gasteiger partial charge in [0.05, 0.1) is 16.3 Å². The Bertz CT molecular complexity index is 489. The third-order valence-corrected chi connectivity index (χ3v) is 4.15. The molecule has 0 aromatic heterocycles. The molecule has 1 aliphatic rings. The van der Waals surface area contributed by atoms with Crippen LogP contribution in [-0.2, 0) is 4.74 Å². The van der Waals surface area contributed by atoms with Crippen molar-refractivity contribution in [1.82, 2.24) is 0 Å². The van der Waals surface area contributed by atoms with E-state index in [0.717, 1.165) is 31.6 Å². The summed E-state index contributed by atoms with van der Waals surface area (Å²) in [5.41, 5.74) is 1.51. The fourth-order valence-corrected chi connectivity index (χ4v) is 2.86. The van der Waals surface area contributed by atoms with Crippen molar-refractivity contribution in [2.75, 3.05) is 25.1 Å². The van der Waals surface area contributed by atoms with Gasteiger partial charge in [-0.05, 0) is 44.9 Å². The highest BCUT2D eigenvalue weighted by Gasteiger charge is 2.31. The second-order valence-corrected chi connectivity index (χ2v) is 5.81. The van der Waals surface area contributed by atoms with Crippen molar-refractivity contribution in [3.05, 3.63) is 28.8 Å². The van der Waals surface area contributed by atoms with Crippen molar-refractivity contribution in [3.63, 3.8) is 0 Å². The van der Waals surface area contributed by atoms with Crippen molar-refractivity contribution < 1.29 is 9.53 Å². The van der Waals surface area contributed by atoms with E-state index in [2.05, 4.69) is 11.8 Å². The minimum atomic E-state index is -0.124. The number of carbonyl (C=O) groups excluding carboxylic acids is 1. The molecule has 0 spiro atoms. The summed E-state index contributed by atoms with van der Waals surface area (Å²) in [6, 6.07) is 5.51. The van der Waals surface area contributed by atoms with E-state index in [1.165, 1.54) is 0 Å². The average Bonchev–Trinajstić information content (AvgIpc) is 2.38. The van der Waals surface area contributed by atoms with Gasteiger partial charge in [0.15, 0.2) is 5.78 Å². The first kappa shape index (κ1) is 14.4. The third-order valence-electron chi connectivity index (χ3n) is 3.85. The van der Waals surface area contributed by atoms with Gasteiger partial charge in [-0.2, -0.15) is 0 Å². The highest BCUT2D eigenvalue weighted by Crippen LogP contribution is 2.33. The summed E-state index contributed by atoms with van der Waals surface area (Å²) < 4.78 is 5.59. The zero-order valence-corrected chi connectivity index (χ0v) is 12.5. The number of carbonyl (C=O) groups is 1. The van der Waals surface area contributed by atoms with E-state index in [4.69, 9.17) is 16.3 Å². The Morgan fingerprint density at radius 1 is 1.47 bits per heavy atom. The molecule has 1 unspecified atom stereocenters. The van der Waals surface area contributed by atoms with Crippen molar-refractivity contribution in [3.8, 4) is 0 Å². The maximum absolute atomic E-state index is 11.3. The number of methoxy groups -OCH3 is 1. The lowest BCUT2D eigenvalue weighted by molar-refractivity contribution is -0.00465. The van der Waals surface area contributed by atoms with E-state index >= 15 is 0 Å². The summed E-state index contributed by atoms with van der Waals surface area (Å²) >= 11 is 6.31. The van der Waals surface area contributed by atoms with Gasteiger partial charge in [-0.1, -0.05) is 11.6 Å². The number of ketones is 1. The van der Waals surface area contributed by atoms with E-state index in [-0.39, 0.29) is 11.4 Å². The van der Waals surface area contributed by atoms with Crippen LogP contribution in [0.25, 0.3) is 0 Å². The van der Waals surface area contributed by atoms with Gasteiger partial charge in [0, 0.05) is 25.8 Å². The molecule has 1 saturated heterocycles. The molecule has 4 heteroatoms. The molecule has 1 aromatic rings. The van der Waals surface area contributed by atoms with Crippen LogP contribution in [0.3, 0.4) is 0 Å². The SMILES string of the molecule is COC1(C)CCCN(c2ccc(C(C)=O)cc2Cl)C1. The first-order valence-electron chi connectivity index (χ1n) is 6.56. The van der Waals surface area contributed by atoms with Crippen LogP contribution in [0.5, 0.6) is 0 Å². The maximum atomic E-state index is 11.3.